The van der Waals surface area contributed by atoms with Gasteiger partial charge in [0, 0.05) is 16.9 Å². The number of nitrogens with one attached hydrogen (secondary N) is 2. The van der Waals surface area contributed by atoms with Crippen LogP contribution in [0, 0.1) is 32.1 Å². The van der Waals surface area contributed by atoms with E-state index in [0.717, 1.165) is 33.6 Å². The minimum atomic E-state index is -0.449. The molecule has 0 aliphatic carbocycles. The average molecular weight is 429 g/mol. The summed E-state index contributed by atoms with van der Waals surface area (Å²) in [5, 5.41) is 19.5. The van der Waals surface area contributed by atoms with Crippen molar-refractivity contribution in [3.05, 3.63) is 81.9 Å². The molecule has 0 bridgehead atoms. The minimum Gasteiger partial charge on any atom is -0.484 e. The van der Waals surface area contributed by atoms with Gasteiger partial charge in [0.1, 0.15) is 17.4 Å². The van der Waals surface area contributed by atoms with Crippen molar-refractivity contribution >= 4 is 11.6 Å². The second-order valence-corrected chi connectivity index (χ2v) is 7.70. The maximum atomic E-state index is 12.4. The van der Waals surface area contributed by atoms with E-state index in [1.165, 1.54) is 0 Å². The summed E-state index contributed by atoms with van der Waals surface area (Å²) in [6.45, 7) is 5.72. The van der Waals surface area contributed by atoms with Crippen molar-refractivity contribution in [3.8, 4) is 17.7 Å². The highest BCUT2D eigenvalue weighted by Gasteiger charge is 2.34. The number of H-pyrrole nitrogens is 1. The molecule has 8 heteroatoms. The van der Waals surface area contributed by atoms with Crippen LogP contribution >= 0.6 is 0 Å². The molecule has 1 aliphatic rings. The Hall–Kier alpha value is -4.25. The zero-order valence-electron chi connectivity index (χ0n) is 18.0. The topological polar surface area (TPSA) is 126 Å². The van der Waals surface area contributed by atoms with E-state index < -0.39 is 5.92 Å². The van der Waals surface area contributed by atoms with E-state index >= 15 is 0 Å². The largest absolute Gasteiger partial charge is 0.484 e. The summed E-state index contributed by atoms with van der Waals surface area (Å²) in [5.41, 5.74) is 11.6. The predicted molar refractivity (Wildman–Crippen MR) is 119 cm³/mol. The van der Waals surface area contributed by atoms with Crippen molar-refractivity contribution in [2.45, 2.75) is 26.7 Å². The summed E-state index contributed by atoms with van der Waals surface area (Å²) in [6.07, 6.45) is 0. The van der Waals surface area contributed by atoms with E-state index in [1.807, 2.05) is 51.1 Å². The fourth-order valence-corrected chi connectivity index (χ4v) is 3.68. The van der Waals surface area contributed by atoms with Crippen LogP contribution in [0.1, 0.15) is 33.9 Å². The number of fused-ring (bicyclic) bond motifs is 1. The van der Waals surface area contributed by atoms with Crippen molar-refractivity contribution in [2.75, 3.05) is 11.9 Å². The highest BCUT2D eigenvalue weighted by molar-refractivity contribution is 5.92. The fourth-order valence-electron chi connectivity index (χ4n) is 3.68. The monoisotopic (exact) mass is 429 g/mol. The van der Waals surface area contributed by atoms with E-state index in [9.17, 15) is 10.1 Å². The van der Waals surface area contributed by atoms with Gasteiger partial charge in [-0.05, 0) is 61.7 Å². The second-order valence-electron chi connectivity index (χ2n) is 7.70. The number of aromatic nitrogens is 2. The standard InChI is InChI=1S/C24H23N5O3/c1-13-7-8-17(9-14(13)2)27-20(30)12-31-18-6-4-5-16(10-18)22-19(11-25)23(26)32-24-21(22)15(3)28-29-24/h4-10,22H,12,26H2,1-3H3,(H,27,30)(H,28,29). The van der Waals surface area contributed by atoms with Crippen molar-refractivity contribution in [1.29, 1.82) is 5.26 Å². The molecular weight excluding hydrogens is 406 g/mol. The van der Waals surface area contributed by atoms with Gasteiger partial charge in [-0.1, -0.05) is 18.2 Å². The van der Waals surface area contributed by atoms with Crippen molar-refractivity contribution in [1.82, 2.24) is 10.2 Å². The average Bonchev–Trinajstić information content (AvgIpc) is 3.14. The van der Waals surface area contributed by atoms with Gasteiger partial charge in [0.2, 0.25) is 11.8 Å². The third kappa shape index (κ3) is 4.01. The summed E-state index contributed by atoms with van der Waals surface area (Å²) in [7, 11) is 0. The molecule has 4 rings (SSSR count). The number of nitrogens with two attached hydrogens (primary N) is 1. The first-order chi connectivity index (χ1) is 15.4. The normalized spacial score (nSPS) is 14.9. The van der Waals surface area contributed by atoms with E-state index in [2.05, 4.69) is 21.6 Å². The quantitative estimate of drug-likeness (QED) is 0.569. The fraction of sp³-hybridized carbons (Fsp3) is 0.208. The molecule has 0 radical (unpaired) electrons. The summed E-state index contributed by atoms with van der Waals surface area (Å²) >= 11 is 0. The molecule has 0 spiro atoms. The molecule has 1 unspecified atom stereocenters. The number of amides is 1. The third-order valence-corrected chi connectivity index (χ3v) is 5.48. The van der Waals surface area contributed by atoms with Gasteiger partial charge < -0.3 is 20.5 Å². The van der Waals surface area contributed by atoms with Crippen LogP contribution in [0.3, 0.4) is 0 Å². The van der Waals surface area contributed by atoms with E-state index in [-0.39, 0.29) is 18.4 Å². The number of anilines is 1. The Balaban J connectivity index is 1.52. The maximum Gasteiger partial charge on any atom is 0.262 e. The van der Waals surface area contributed by atoms with Crippen LogP contribution in [0.5, 0.6) is 11.6 Å². The molecule has 1 amide bonds. The van der Waals surface area contributed by atoms with Crippen LogP contribution in [0.2, 0.25) is 0 Å². The molecule has 4 N–H and O–H groups in total. The number of carbonyl (C=O) groups is 1. The van der Waals surface area contributed by atoms with Crippen LogP contribution in [-0.2, 0) is 4.79 Å². The van der Waals surface area contributed by atoms with Gasteiger partial charge in [-0.25, -0.2) is 0 Å². The smallest absolute Gasteiger partial charge is 0.262 e. The molecule has 3 aromatic rings. The Kier molecular flexibility index (Phi) is 5.56. The number of nitriles is 1. The van der Waals surface area contributed by atoms with Crippen LogP contribution < -0.4 is 20.5 Å². The van der Waals surface area contributed by atoms with Crippen LogP contribution in [0.4, 0.5) is 5.69 Å². The van der Waals surface area contributed by atoms with Crippen molar-refractivity contribution in [3.63, 3.8) is 0 Å². The molecule has 0 fully saturated rings. The summed E-state index contributed by atoms with van der Waals surface area (Å²) in [5.74, 6) is 0.163. The van der Waals surface area contributed by atoms with Gasteiger partial charge in [0.25, 0.3) is 5.91 Å². The Bertz CT molecular complexity index is 1270. The molecule has 1 atom stereocenters. The first kappa shape index (κ1) is 21.0. The van der Waals surface area contributed by atoms with E-state index in [4.69, 9.17) is 15.2 Å². The molecule has 2 aromatic carbocycles. The number of rotatable bonds is 5. The number of ether oxygens (including phenoxy) is 2. The summed E-state index contributed by atoms with van der Waals surface area (Å²) < 4.78 is 11.2. The van der Waals surface area contributed by atoms with Crippen LogP contribution in [0.15, 0.2) is 53.9 Å². The van der Waals surface area contributed by atoms with Crippen molar-refractivity contribution < 1.29 is 14.3 Å². The minimum absolute atomic E-state index is 0.0237. The molecule has 1 aromatic heterocycles. The lowest BCUT2D eigenvalue weighted by atomic mass is 9.84. The number of aromatic amines is 1. The van der Waals surface area contributed by atoms with Gasteiger partial charge in [-0.15, -0.1) is 5.10 Å². The second kappa shape index (κ2) is 8.47. The SMILES string of the molecule is Cc1ccc(NC(=O)COc2cccc(C3C(C#N)=C(N)Oc4n[nH]c(C)c43)c2)cc1C. The lowest BCUT2D eigenvalue weighted by molar-refractivity contribution is -0.118. The number of hydrogen-bond acceptors (Lipinski definition) is 6. The Morgan fingerprint density at radius 2 is 2.06 bits per heavy atom. The summed E-state index contributed by atoms with van der Waals surface area (Å²) in [6, 6.07) is 15.1. The first-order valence-corrected chi connectivity index (χ1v) is 10.1. The predicted octanol–water partition coefficient (Wildman–Crippen LogP) is 3.57. The van der Waals surface area contributed by atoms with Crippen LogP contribution in [0.25, 0.3) is 0 Å². The highest BCUT2D eigenvalue weighted by Crippen LogP contribution is 2.43. The Labute approximate surface area is 185 Å². The lowest BCUT2D eigenvalue weighted by Crippen LogP contribution is -2.21. The first-order valence-electron chi connectivity index (χ1n) is 10.1. The number of benzene rings is 2. The molecule has 32 heavy (non-hydrogen) atoms. The Morgan fingerprint density at radius 3 is 2.81 bits per heavy atom. The number of carbonyl (C=O) groups excluding carboxylic acids is 1. The van der Waals surface area contributed by atoms with Gasteiger partial charge in [0.15, 0.2) is 6.61 Å². The zero-order valence-corrected chi connectivity index (χ0v) is 18.0. The number of allylic oxidation sites excluding steroid dienone is 1. The third-order valence-electron chi connectivity index (χ3n) is 5.48. The molecule has 162 valence electrons. The lowest BCUT2D eigenvalue weighted by Gasteiger charge is -2.24. The summed E-state index contributed by atoms with van der Waals surface area (Å²) in [4.78, 5) is 12.4. The van der Waals surface area contributed by atoms with Gasteiger partial charge >= 0.3 is 0 Å². The maximum absolute atomic E-state index is 12.4. The Morgan fingerprint density at radius 1 is 1.25 bits per heavy atom. The van der Waals surface area contributed by atoms with E-state index in [1.54, 1.807) is 12.1 Å². The van der Waals surface area contributed by atoms with E-state index in [0.29, 0.717) is 17.2 Å². The number of nitrogens with zero attached hydrogens (tertiary/aromatic N) is 2. The highest BCUT2D eigenvalue weighted by atomic mass is 16.5. The number of hydrogen-bond donors (Lipinski definition) is 3. The van der Waals surface area contributed by atoms with Gasteiger partial charge in [0.05, 0.1) is 5.92 Å². The van der Waals surface area contributed by atoms with Gasteiger partial charge in [-0.2, -0.15) is 5.26 Å². The molecule has 2 heterocycles. The molecule has 0 saturated heterocycles. The number of aryl methyl sites for hydroxylation is 3. The van der Waals surface area contributed by atoms with Gasteiger partial charge in [-0.3, -0.25) is 9.89 Å². The molecule has 1 aliphatic heterocycles. The zero-order chi connectivity index (χ0) is 22.8. The van der Waals surface area contributed by atoms with Crippen molar-refractivity contribution in [2.24, 2.45) is 5.73 Å². The van der Waals surface area contributed by atoms with Crippen LogP contribution in [-0.4, -0.2) is 22.7 Å². The molecule has 8 nitrogen and oxygen atoms in total. The molecular formula is C24H23N5O3. The molecule has 0 saturated carbocycles.